The summed E-state index contributed by atoms with van der Waals surface area (Å²) in [5.74, 6) is -0.184. The van der Waals surface area contributed by atoms with Crippen molar-refractivity contribution >= 4 is 5.91 Å². The topological polar surface area (TPSA) is 149 Å². The van der Waals surface area contributed by atoms with Gasteiger partial charge in [0.15, 0.2) is 6.29 Å². The Balaban J connectivity index is 2.09. The number of nitrogens with one attached hydrogen (secondary N) is 1. The zero-order chi connectivity index (χ0) is 56.5. The van der Waals surface area contributed by atoms with Crippen LogP contribution in [-0.2, 0) is 14.3 Å². The van der Waals surface area contributed by atoms with Crippen molar-refractivity contribution in [1.82, 2.24) is 5.32 Å². The van der Waals surface area contributed by atoms with E-state index in [1.54, 1.807) is 6.08 Å². The molecule has 0 aliphatic carbocycles. The van der Waals surface area contributed by atoms with E-state index in [-0.39, 0.29) is 12.5 Å². The van der Waals surface area contributed by atoms with Crippen molar-refractivity contribution in [2.75, 3.05) is 13.2 Å². The molecule has 1 aliphatic heterocycles. The van der Waals surface area contributed by atoms with Crippen LogP contribution < -0.4 is 5.32 Å². The molecule has 0 spiro atoms. The zero-order valence-corrected chi connectivity index (χ0v) is 51.4. The Bertz CT molecular complexity index is 1320. The number of unbranched alkanes of at least 4 members (excludes halogenated alkanes) is 46. The summed E-state index contributed by atoms with van der Waals surface area (Å²) in [7, 11) is 0. The molecule has 78 heavy (non-hydrogen) atoms. The SMILES string of the molecule is CCCCCCCCCCC/C=C/CC/C=C/CC/C=C/C(O)C(COC1OC(CO)C(O)C(O)C1O)NC(=O)CCCCCCCCCCCCCCCCCCCCCCCCCCCCCCCCCCCCCC. The lowest BCUT2D eigenvalue weighted by Crippen LogP contribution is -2.60. The van der Waals surface area contributed by atoms with Crippen LogP contribution in [0.3, 0.4) is 0 Å². The lowest BCUT2D eigenvalue weighted by Gasteiger charge is -2.40. The molecule has 9 nitrogen and oxygen atoms in total. The summed E-state index contributed by atoms with van der Waals surface area (Å²) >= 11 is 0. The van der Waals surface area contributed by atoms with Crippen LogP contribution in [-0.4, -0.2) is 87.5 Å². The Morgan fingerprint density at radius 1 is 0.423 bits per heavy atom. The van der Waals surface area contributed by atoms with Crippen molar-refractivity contribution in [3.8, 4) is 0 Å². The van der Waals surface area contributed by atoms with Crippen LogP contribution in [0.5, 0.6) is 0 Å². The fourth-order valence-corrected chi connectivity index (χ4v) is 11.1. The van der Waals surface area contributed by atoms with Gasteiger partial charge in [-0.05, 0) is 44.9 Å². The molecule has 0 aromatic heterocycles. The monoisotopic (exact) mass is 1100 g/mol. The van der Waals surface area contributed by atoms with E-state index in [0.717, 1.165) is 44.9 Å². The van der Waals surface area contributed by atoms with Crippen molar-refractivity contribution in [2.45, 2.75) is 384 Å². The Morgan fingerprint density at radius 3 is 1.08 bits per heavy atom. The molecule has 0 radical (unpaired) electrons. The molecule has 1 saturated heterocycles. The van der Waals surface area contributed by atoms with Gasteiger partial charge in [0.1, 0.15) is 24.4 Å². The Morgan fingerprint density at radius 2 is 0.731 bits per heavy atom. The molecule has 1 rings (SSSR count). The summed E-state index contributed by atoms with van der Waals surface area (Å²) < 4.78 is 11.3. The van der Waals surface area contributed by atoms with E-state index >= 15 is 0 Å². The summed E-state index contributed by atoms with van der Waals surface area (Å²) in [5, 5.41) is 54.6. The Kier molecular flexibility index (Phi) is 55.9. The maximum absolute atomic E-state index is 13.1. The van der Waals surface area contributed by atoms with Crippen LogP contribution in [0.2, 0.25) is 0 Å². The minimum atomic E-state index is -1.57. The molecular formula is C69H131NO8. The normalized spacial score (nSPS) is 18.8. The van der Waals surface area contributed by atoms with E-state index in [1.807, 2.05) is 6.08 Å². The first-order valence-electron chi connectivity index (χ1n) is 34.2. The van der Waals surface area contributed by atoms with Crippen molar-refractivity contribution in [3.63, 3.8) is 0 Å². The Labute approximate surface area is 482 Å². The molecule has 1 aliphatic rings. The van der Waals surface area contributed by atoms with Gasteiger partial charge in [-0.3, -0.25) is 4.79 Å². The van der Waals surface area contributed by atoms with Crippen LogP contribution in [0.15, 0.2) is 36.5 Å². The zero-order valence-electron chi connectivity index (χ0n) is 51.4. The molecule has 7 atom stereocenters. The number of aliphatic hydroxyl groups is 5. The standard InChI is InChI=1S/C69H131NO8/c1-3-5-7-9-11-13-15-17-19-21-23-24-25-26-27-28-29-30-31-32-33-34-35-36-37-38-39-41-43-45-47-49-51-53-55-57-59-65(73)70-62(61-77-69-68(76)67(75)66(74)64(60-71)78-69)63(72)58-56-54-52-50-48-46-44-42-40-22-20-18-16-14-12-10-8-6-4-2/h40,42,48,50,56,58,62-64,66-69,71-72,74-76H,3-39,41,43-47,49,51-55,57,59-61H2,1-2H3,(H,70,73)/b42-40+,50-48+,58-56+. The second kappa shape index (κ2) is 58.6. The van der Waals surface area contributed by atoms with Gasteiger partial charge in [-0.15, -0.1) is 0 Å². The van der Waals surface area contributed by atoms with Gasteiger partial charge in [-0.1, -0.05) is 326 Å². The highest BCUT2D eigenvalue weighted by molar-refractivity contribution is 5.76. The third-order valence-electron chi connectivity index (χ3n) is 16.4. The molecule has 1 fully saturated rings. The van der Waals surface area contributed by atoms with Gasteiger partial charge in [0.05, 0.1) is 25.4 Å². The summed E-state index contributed by atoms with van der Waals surface area (Å²) in [6.45, 7) is 3.80. The molecule has 7 unspecified atom stereocenters. The number of allylic oxidation sites excluding steroid dienone is 5. The van der Waals surface area contributed by atoms with Crippen molar-refractivity contribution < 1.29 is 39.8 Å². The first-order chi connectivity index (χ1) is 38.3. The van der Waals surface area contributed by atoms with E-state index < -0.39 is 49.5 Å². The van der Waals surface area contributed by atoms with E-state index in [4.69, 9.17) is 9.47 Å². The highest BCUT2D eigenvalue weighted by atomic mass is 16.7. The van der Waals surface area contributed by atoms with Crippen LogP contribution >= 0.6 is 0 Å². The molecule has 9 heteroatoms. The predicted molar refractivity (Wildman–Crippen MR) is 332 cm³/mol. The van der Waals surface area contributed by atoms with Gasteiger partial charge in [0, 0.05) is 6.42 Å². The van der Waals surface area contributed by atoms with Crippen LogP contribution in [0.25, 0.3) is 0 Å². The van der Waals surface area contributed by atoms with Crippen LogP contribution in [0, 0.1) is 0 Å². The second-order valence-corrected chi connectivity index (χ2v) is 24.0. The fourth-order valence-electron chi connectivity index (χ4n) is 11.1. The number of aliphatic hydroxyl groups excluding tert-OH is 5. The summed E-state index contributed by atoms with van der Waals surface area (Å²) in [5.41, 5.74) is 0. The van der Waals surface area contributed by atoms with E-state index in [9.17, 15) is 30.3 Å². The van der Waals surface area contributed by atoms with Gasteiger partial charge in [-0.25, -0.2) is 0 Å². The van der Waals surface area contributed by atoms with Gasteiger partial charge in [0.25, 0.3) is 0 Å². The number of rotatable bonds is 60. The van der Waals surface area contributed by atoms with Gasteiger partial charge < -0.3 is 40.3 Å². The quantitative estimate of drug-likeness (QED) is 0.0261. The highest BCUT2D eigenvalue weighted by Gasteiger charge is 2.44. The predicted octanol–water partition coefficient (Wildman–Crippen LogP) is 18.3. The van der Waals surface area contributed by atoms with Crippen molar-refractivity contribution in [1.29, 1.82) is 0 Å². The fraction of sp³-hybridized carbons (Fsp3) is 0.899. The van der Waals surface area contributed by atoms with Crippen molar-refractivity contribution in [2.24, 2.45) is 0 Å². The first-order valence-corrected chi connectivity index (χ1v) is 34.2. The first kappa shape index (κ1) is 74.4. The van der Waals surface area contributed by atoms with Gasteiger partial charge in [0.2, 0.25) is 5.91 Å². The number of ether oxygens (including phenoxy) is 2. The summed E-state index contributed by atoms with van der Waals surface area (Å²) in [6, 6.07) is -0.827. The molecule has 0 bridgehead atoms. The third-order valence-corrected chi connectivity index (χ3v) is 16.4. The minimum absolute atomic E-state index is 0.184. The number of hydrogen-bond acceptors (Lipinski definition) is 8. The lowest BCUT2D eigenvalue weighted by molar-refractivity contribution is -0.302. The summed E-state index contributed by atoms with van der Waals surface area (Å²) in [6.07, 6.45) is 71.2. The van der Waals surface area contributed by atoms with Gasteiger partial charge in [-0.2, -0.15) is 0 Å². The second-order valence-electron chi connectivity index (χ2n) is 24.0. The average molecular weight is 1100 g/mol. The summed E-state index contributed by atoms with van der Waals surface area (Å²) in [4.78, 5) is 13.1. The number of carbonyl (C=O) groups is 1. The molecule has 1 amide bonds. The van der Waals surface area contributed by atoms with E-state index in [2.05, 4.69) is 43.5 Å². The van der Waals surface area contributed by atoms with Gasteiger partial charge >= 0.3 is 0 Å². The molecule has 460 valence electrons. The van der Waals surface area contributed by atoms with E-state index in [1.165, 1.54) is 276 Å². The molecule has 0 saturated carbocycles. The molecule has 0 aromatic rings. The highest BCUT2D eigenvalue weighted by Crippen LogP contribution is 2.23. The van der Waals surface area contributed by atoms with Crippen LogP contribution in [0.1, 0.15) is 341 Å². The minimum Gasteiger partial charge on any atom is -0.394 e. The largest absolute Gasteiger partial charge is 0.394 e. The third kappa shape index (κ3) is 47.0. The maximum Gasteiger partial charge on any atom is 0.220 e. The number of carbonyl (C=O) groups excluding carboxylic acids is 1. The van der Waals surface area contributed by atoms with E-state index in [0.29, 0.717) is 6.42 Å². The Hall–Kier alpha value is -1.59. The number of amides is 1. The number of hydrogen-bond donors (Lipinski definition) is 6. The molecular weight excluding hydrogens is 971 g/mol. The molecule has 0 aromatic carbocycles. The molecule has 1 heterocycles. The molecule has 6 N–H and O–H groups in total. The maximum atomic E-state index is 13.1. The van der Waals surface area contributed by atoms with Crippen LogP contribution in [0.4, 0.5) is 0 Å². The smallest absolute Gasteiger partial charge is 0.220 e. The van der Waals surface area contributed by atoms with Crippen molar-refractivity contribution in [3.05, 3.63) is 36.5 Å². The average Bonchev–Trinajstić information content (AvgIpc) is 3.45. The lowest BCUT2D eigenvalue weighted by atomic mass is 9.99.